The van der Waals surface area contributed by atoms with E-state index in [9.17, 15) is 0 Å². The molecule has 0 aromatic rings. The molecule has 0 aromatic carbocycles. The van der Waals surface area contributed by atoms with Gasteiger partial charge in [-0.1, -0.05) is 0 Å². The highest BCUT2D eigenvalue weighted by molar-refractivity contribution is 4.85. The van der Waals surface area contributed by atoms with Crippen LogP contribution in [0.3, 0.4) is 0 Å². The van der Waals surface area contributed by atoms with Crippen molar-refractivity contribution < 1.29 is 4.74 Å². The summed E-state index contributed by atoms with van der Waals surface area (Å²) in [5.74, 6) is 0. The molecule has 0 radical (unpaired) electrons. The second-order valence-electron chi connectivity index (χ2n) is 2.52. The molecule has 1 N–H and O–H groups in total. The van der Waals surface area contributed by atoms with Gasteiger partial charge in [-0.25, -0.2) is 0 Å². The molecule has 0 spiro atoms. The lowest BCUT2D eigenvalue weighted by Gasteiger charge is -2.13. The molecule has 2 unspecified atom stereocenters. The van der Waals surface area contributed by atoms with Gasteiger partial charge in [-0.2, -0.15) is 5.26 Å². The van der Waals surface area contributed by atoms with E-state index in [4.69, 9.17) is 10.00 Å². The van der Waals surface area contributed by atoms with E-state index in [-0.39, 0.29) is 12.1 Å². The molecule has 0 saturated carbocycles. The molecule has 0 rings (SSSR count). The standard InChI is InChI=1S/C8H16N2O/c1-4-11-8(3)6-10-7(2)5-9/h7-8,10H,4,6H2,1-3H3. The summed E-state index contributed by atoms with van der Waals surface area (Å²) in [6.07, 6.45) is 0.191. The molecule has 3 heteroatoms. The predicted octanol–water partition coefficient (Wildman–Crippen LogP) is 0.913. The Bertz CT molecular complexity index is 131. The Morgan fingerprint density at radius 2 is 2.18 bits per heavy atom. The number of rotatable bonds is 5. The Morgan fingerprint density at radius 3 is 2.64 bits per heavy atom. The molecule has 0 bridgehead atoms. The third-order valence-electron chi connectivity index (χ3n) is 1.36. The van der Waals surface area contributed by atoms with Crippen LogP contribution in [0.25, 0.3) is 0 Å². The first-order chi connectivity index (χ1) is 5.20. The van der Waals surface area contributed by atoms with Crippen molar-refractivity contribution in [2.45, 2.75) is 32.9 Å². The number of nitrogens with zero attached hydrogens (tertiary/aromatic N) is 1. The van der Waals surface area contributed by atoms with Gasteiger partial charge in [0, 0.05) is 13.2 Å². The van der Waals surface area contributed by atoms with E-state index in [1.54, 1.807) is 0 Å². The van der Waals surface area contributed by atoms with Gasteiger partial charge in [-0.15, -0.1) is 0 Å². The number of nitriles is 1. The molecule has 0 aromatic heterocycles. The van der Waals surface area contributed by atoms with E-state index in [2.05, 4.69) is 11.4 Å². The molecule has 0 saturated heterocycles. The molecule has 0 amide bonds. The summed E-state index contributed by atoms with van der Waals surface area (Å²) >= 11 is 0. The molecule has 0 aliphatic carbocycles. The van der Waals surface area contributed by atoms with Gasteiger partial charge < -0.3 is 4.74 Å². The quantitative estimate of drug-likeness (QED) is 0.643. The molecule has 11 heavy (non-hydrogen) atoms. The van der Waals surface area contributed by atoms with E-state index in [1.165, 1.54) is 0 Å². The fourth-order valence-electron chi connectivity index (χ4n) is 0.732. The van der Waals surface area contributed by atoms with Crippen molar-refractivity contribution in [3.8, 4) is 6.07 Å². The summed E-state index contributed by atoms with van der Waals surface area (Å²) in [6, 6.07) is 2.01. The lowest BCUT2D eigenvalue weighted by atomic mass is 10.3. The third kappa shape index (κ3) is 5.84. The number of hydrogen-bond acceptors (Lipinski definition) is 3. The molecular weight excluding hydrogens is 140 g/mol. The summed E-state index contributed by atoms with van der Waals surface area (Å²) in [6.45, 7) is 7.25. The molecule has 2 atom stereocenters. The van der Waals surface area contributed by atoms with E-state index < -0.39 is 0 Å². The van der Waals surface area contributed by atoms with Crippen LogP contribution in [0.4, 0.5) is 0 Å². The van der Waals surface area contributed by atoms with Crippen molar-refractivity contribution in [2.24, 2.45) is 0 Å². The molecule has 0 aliphatic rings. The van der Waals surface area contributed by atoms with Crippen LogP contribution >= 0.6 is 0 Å². The van der Waals surface area contributed by atoms with Crippen molar-refractivity contribution >= 4 is 0 Å². The highest BCUT2D eigenvalue weighted by atomic mass is 16.5. The molecule has 3 nitrogen and oxygen atoms in total. The molecular formula is C8H16N2O. The van der Waals surface area contributed by atoms with Crippen LogP contribution in [-0.2, 0) is 4.74 Å². The summed E-state index contributed by atoms with van der Waals surface area (Å²) in [5, 5.41) is 11.5. The fourth-order valence-corrected chi connectivity index (χ4v) is 0.732. The minimum atomic E-state index is -0.0853. The first kappa shape index (κ1) is 10.4. The van der Waals surface area contributed by atoms with E-state index in [0.29, 0.717) is 0 Å². The Hall–Kier alpha value is -0.590. The summed E-state index contributed by atoms with van der Waals surface area (Å²) in [5.41, 5.74) is 0. The van der Waals surface area contributed by atoms with Gasteiger partial charge in [-0.05, 0) is 20.8 Å². The zero-order valence-corrected chi connectivity index (χ0v) is 7.42. The highest BCUT2D eigenvalue weighted by Gasteiger charge is 2.02. The average Bonchev–Trinajstić information content (AvgIpc) is 2.01. The maximum atomic E-state index is 8.42. The average molecular weight is 156 g/mol. The van der Waals surface area contributed by atoms with Crippen molar-refractivity contribution in [3.05, 3.63) is 0 Å². The second-order valence-corrected chi connectivity index (χ2v) is 2.52. The van der Waals surface area contributed by atoms with Gasteiger partial charge in [0.25, 0.3) is 0 Å². The summed E-state index contributed by atoms with van der Waals surface area (Å²) in [7, 11) is 0. The first-order valence-electron chi connectivity index (χ1n) is 3.95. The van der Waals surface area contributed by atoms with E-state index >= 15 is 0 Å². The SMILES string of the molecule is CCOC(C)CNC(C)C#N. The smallest absolute Gasteiger partial charge is 0.0925 e. The molecule has 64 valence electrons. The zero-order chi connectivity index (χ0) is 8.69. The van der Waals surface area contributed by atoms with Crippen LogP contribution < -0.4 is 5.32 Å². The molecule has 0 heterocycles. The van der Waals surface area contributed by atoms with Crippen molar-refractivity contribution in [2.75, 3.05) is 13.2 Å². The van der Waals surface area contributed by atoms with Crippen LogP contribution in [0, 0.1) is 11.3 Å². The maximum absolute atomic E-state index is 8.42. The van der Waals surface area contributed by atoms with Crippen LogP contribution in [-0.4, -0.2) is 25.3 Å². The Morgan fingerprint density at radius 1 is 1.55 bits per heavy atom. The lowest BCUT2D eigenvalue weighted by molar-refractivity contribution is 0.0754. The van der Waals surface area contributed by atoms with Crippen LogP contribution in [0.15, 0.2) is 0 Å². The van der Waals surface area contributed by atoms with Gasteiger partial charge in [-0.3, -0.25) is 5.32 Å². The van der Waals surface area contributed by atoms with Crippen LogP contribution in [0.2, 0.25) is 0 Å². The highest BCUT2D eigenvalue weighted by Crippen LogP contribution is 1.88. The van der Waals surface area contributed by atoms with E-state index in [1.807, 2.05) is 20.8 Å². The molecule has 0 aliphatic heterocycles. The minimum Gasteiger partial charge on any atom is -0.377 e. The van der Waals surface area contributed by atoms with Crippen molar-refractivity contribution in [1.82, 2.24) is 5.32 Å². The third-order valence-corrected chi connectivity index (χ3v) is 1.36. The van der Waals surface area contributed by atoms with Crippen LogP contribution in [0.1, 0.15) is 20.8 Å². The molecule has 0 fully saturated rings. The maximum Gasteiger partial charge on any atom is 0.0925 e. The summed E-state index contributed by atoms with van der Waals surface area (Å²) < 4.78 is 5.26. The topological polar surface area (TPSA) is 45.0 Å². The van der Waals surface area contributed by atoms with Crippen molar-refractivity contribution in [3.63, 3.8) is 0 Å². The van der Waals surface area contributed by atoms with Crippen molar-refractivity contribution in [1.29, 1.82) is 5.26 Å². The first-order valence-corrected chi connectivity index (χ1v) is 3.95. The van der Waals surface area contributed by atoms with Gasteiger partial charge in [0.1, 0.15) is 0 Å². The number of ether oxygens (including phenoxy) is 1. The fraction of sp³-hybridized carbons (Fsp3) is 0.875. The monoisotopic (exact) mass is 156 g/mol. The second kappa shape index (κ2) is 6.14. The largest absolute Gasteiger partial charge is 0.377 e. The van der Waals surface area contributed by atoms with Gasteiger partial charge >= 0.3 is 0 Å². The lowest BCUT2D eigenvalue weighted by Crippen LogP contribution is -2.32. The van der Waals surface area contributed by atoms with Gasteiger partial charge in [0.2, 0.25) is 0 Å². The minimum absolute atomic E-state index is 0.0853. The number of hydrogen-bond donors (Lipinski definition) is 1. The summed E-state index contributed by atoms with van der Waals surface area (Å²) in [4.78, 5) is 0. The Balaban J connectivity index is 3.31. The normalized spacial score (nSPS) is 15.5. The number of nitrogens with one attached hydrogen (secondary N) is 1. The zero-order valence-electron chi connectivity index (χ0n) is 7.42. The predicted molar refractivity (Wildman–Crippen MR) is 44.2 cm³/mol. The Kier molecular flexibility index (Phi) is 5.81. The Labute approximate surface area is 68.3 Å². The van der Waals surface area contributed by atoms with Crippen LogP contribution in [0.5, 0.6) is 0 Å². The van der Waals surface area contributed by atoms with Gasteiger partial charge in [0.15, 0.2) is 0 Å². The van der Waals surface area contributed by atoms with Gasteiger partial charge in [0.05, 0.1) is 18.2 Å². The van der Waals surface area contributed by atoms with E-state index in [0.717, 1.165) is 13.2 Å².